The molecule has 0 bridgehead atoms. The van der Waals surface area contributed by atoms with Crippen LogP contribution in [0.25, 0.3) is 0 Å². The first-order valence-electron chi connectivity index (χ1n) is 4.45. The summed E-state index contributed by atoms with van der Waals surface area (Å²) in [4.78, 5) is 10.9. The van der Waals surface area contributed by atoms with Crippen LogP contribution in [0.5, 0.6) is 0 Å². The third-order valence-corrected chi connectivity index (χ3v) is 1.98. The van der Waals surface area contributed by atoms with Gasteiger partial charge in [0.15, 0.2) is 18.4 Å². The molecule has 0 saturated carbocycles. The molecule has 0 atom stereocenters. The number of pyridine rings is 1. The molecule has 14 heavy (non-hydrogen) atoms. The van der Waals surface area contributed by atoms with Crippen molar-refractivity contribution in [2.45, 2.75) is 20.4 Å². The van der Waals surface area contributed by atoms with Crippen LogP contribution in [-0.4, -0.2) is 5.91 Å². The molecule has 0 fully saturated rings. The summed E-state index contributed by atoms with van der Waals surface area (Å²) >= 11 is 0. The number of allylic oxidation sites excluding steroid dienone is 1. The molecule has 0 unspecified atom stereocenters. The van der Waals surface area contributed by atoms with Crippen molar-refractivity contribution in [3.63, 3.8) is 0 Å². The standard InChI is InChI=1S/C11H14N2O/c1-8(2)6-13-7-10(11(12)14)5-4-9(13)3/h4-5,7H,1,6H2,2-3H3,(H-,12,14)/p+1. The number of hydrogen-bond donors (Lipinski definition) is 1. The molecule has 1 heterocycles. The molecular formula is C11H15N2O+. The minimum atomic E-state index is -0.402. The van der Waals surface area contributed by atoms with Crippen molar-refractivity contribution in [2.24, 2.45) is 5.73 Å². The van der Waals surface area contributed by atoms with Gasteiger partial charge in [0.1, 0.15) is 5.56 Å². The number of primary amides is 1. The minimum Gasteiger partial charge on any atom is -0.365 e. The van der Waals surface area contributed by atoms with Crippen molar-refractivity contribution in [3.8, 4) is 0 Å². The van der Waals surface area contributed by atoms with Crippen molar-refractivity contribution >= 4 is 5.91 Å². The summed E-state index contributed by atoms with van der Waals surface area (Å²) in [6.07, 6.45) is 1.76. The van der Waals surface area contributed by atoms with E-state index in [1.54, 1.807) is 12.3 Å². The zero-order valence-corrected chi connectivity index (χ0v) is 8.58. The lowest BCUT2D eigenvalue weighted by Crippen LogP contribution is -2.38. The number of rotatable bonds is 3. The summed E-state index contributed by atoms with van der Waals surface area (Å²) in [5.74, 6) is -0.402. The molecule has 0 saturated heterocycles. The summed E-state index contributed by atoms with van der Waals surface area (Å²) in [6.45, 7) is 8.47. The fraction of sp³-hybridized carbons (Fsp3) is 0.273. The molecule has 74 valence electrons. The fourth-order valence-corrected chi connectivity index (χ4v) is 1.23. The van der Waals surface area contributed by atoms with Crippen LogP contribution in [0.4, 0.5) is 0 Å². The Morgan fingerprint density at radius 1 is 1.57 bits per heavy atom. The second-order valence-corrected chi connectivity index (χ2v) is 3.51. The van der Waals surface area contributed by atoms with Gasteiger partial charge in [-0.25, -0.2) is 0 Å². The van der Waals surface area contributed by atoms with Gasteiger partial charge >= 0.3 is 0 Å². The van der Waals surface area contributed by atoms with Crippen LogP contribution in [-0.2, 0) is 6.54 Å². The lowest BCUT2D eigenvalue weighted by molar-refractivity contribution is -0.695. The van der Waals surface area contributed by atoms with Gasteiger partial charge < -0.3 is 5.73 Å². The van der Waals surface area contributed by atoms with Crippen molar-refractivity contribution < 1.29 is 9.36 Å². The lowest BCUT2D eigenvalue weighted by Gasteiger charge is -2.01. The van der Waals surface area contributed by atoms with Crippen molar-refractivity contribution in [2.75, 3.05) is 0 Å². The quantitative estimate of drug-likeness (QED) is 0.561. The smallest absolute Gasteiger partial charge is 0.254 e. The Kier molecular flexibility index (Phi) is 3.02. The second kappa shape index (κ2) is 4.05. The van der Waals surface area contributed by atoms with E-state index in [9.17, 15) is 4.79 Å². The summed E-state index contributed by atoms with van der Waals surface area (Å²) in [5, 5.41) is 0. The number of carbonyl (C=O) groups excluding carboxylic acids is 1. The van der Waals surface area contributed by atoms with Crippen LogP contribution in [0, 0.1) is 6.92 Å². The maximum Gasteiger partial charge on any atom is 0.254 e. The molecule has 2 N–H and O–H groups in total. The monoisotopic (exact) mass is 191 g/mol. The van der Waals surface area contributed by atoms with Gasteiger partial charge in [0, 0.05) is 13.0 Å². The molecule has 1 rings (SSSR count). The van der Waals surface area contributed by atoms with Crippen LogP contribution >= 0.6 is 0 Å². The Bertz CT molecular complexity index is 383. The molecule has 1 aromatic heterocycles. The van der Waals surface area contributed by atoms with E-state index in [0.29, 0.717) is 12.1 Å². The number of aromatic nitrogens is 1. The van der Waals surface area contributed by atoms with Gasteiger partial charge in [0.05, 0.1) is 0 Å². The van der Waals surface area contributed by atoms with Crippen LogP contribution in [0.2, 0.25) is 0 Å². The lowest BCUT2D eigenvalue weighted by atomic mass is 10.2. The van der Waals surface area contributed by atoms with Gasteiger partial charge in [0.25, 0.3) is 5.91 Å². The Labute approximate surface area is 83.9 Å². The zero-order chi connectivity index (χ0) is 10.7. The van der Waals surface area contributed by atoms with Crippen LogP contribution in [0.15, 0.2) is 30.5 Å². The summed E-state index contributed by atoms with van der Waals surface area (Å²) in [7, 11) is 0. The Hall–Kier alpha value is -1.64. The van der Waals surface area contributed by atoms with Crippen LogP contribution < -0.4 is 10.3 Å². The molecule has 0 aromatic carbocycles. The zero-order valence-electron chi connectivity index (χ0n) is 8.58. The Morgan fingerprint density at radius 2 is 2.21 bits per heavy atom. The van der Waals surface area contributed by atoms with Crippen molar-refractivity contribution in [3.05, 3.63) is 41.7 Å². The van der Waals surface area contributed by atoms with E-state index in [1.807, 2.05) is 24.5 Å². The molecule has 0 spiro atoms. The number of aryl methyl sites for hydroxylation is 1. The normalized spacial score (nSPS) is 9.86. The highest BCUT2D eigenvalue weighted by molar-refractivity contribution is 5.92. The van der Waals surface area contributed by atoms with E-state index < -0.39 is 5.91 Å². The maximum absolute atomic E-state index is 10.9. The van der Waals surface area contributed by atoms with E-state index >= 15 is 0 Å². The van der Waals surface area contributed by atoms with E-state index in [0.717, 1.165) is 11.3 Å². The van der Waals surface area contributed by atoms with Gasteiger partial charge in [-0.2, -0.15) is 4.57 Å². The van der Waals surface area contributed by atoms with E-state index in [1.165, 1.54) is 0 Å². The highest BCUT2D eigenvalue weighted by atomic mass is 16.1. The summed E-state index contributed by atoms with van der Waals surface area (Å²) in [5.41, 5.74) is 7.84. The maximum atomic E-state index is 10.9. The SMILES string of the molecule is C=C(C)C[n+]1cc(C(N)=O)ccc1C. The molecule has 0 aliphatic heterocycles. The third-order valence-electron chi connectivity index (χ3n) is 1.98. The molecular weight excluding hydrogens is 176 g/mol. The fourth-order valence-electron chi connectivity index (χ4n) is 1.23. The predicted molar refractivity (Wildman–Crippen MR) is 54.7 cm³/mol. The van der Waals surface area contributed by atoms with E-state index in [4.69, 9.17) is 5.73 Å². The van der Waals surface area contributed by atoms with Crippen LogP contribution in [0.3, 0.4) is 0 Å². The largest absolute Gasteiger partial charge is 0.365 e. The molecule has 3 heteroatoms. The highest BCUT2D eigenvalue weighted by Gasteiger charge is 2.10. The molecule has 0 aliphatic rings. The topological polar surface area (TPSA) is 47.0 Å². The third kappa shape index (κ3) is 2.42. The molecule has 1 amide bonds. The number of nitrogens with two attached hydrogens (primary N) is 1. The number of amides is 1. The second-order valence-electron chi connectivity index (χ2n) is 3.51. The summed E-state index contributed by atoms with van der Waals surface area (Å²) in [6, 6.07) is 3.61. The first kappa shape index (κ1) is 10.4. The summed E-state index contributed by atoms with van der Waals surface area (Å²) < 4.78 is 1.96. The number of nitrogens with zero attached hydrogens (tertiary/aromatic N) is 1. The number of carbonyl (C=O) groups is 1. The minimum absolute atomic E-state index is 0.402. The van der Waals surface area contributed by atoms with Gasteiger partial charge in [-0.05, 0) is 18.6 Å². The van der Waals surface area contributed by atoms with E-state index in [2.05, 4.69) is 6.58 Å². The molecule has 1 aromatic rings. The first-order chi connectivity index (χ1) is 6.50. The van der Waals surface area contributed by atoms with Gasteiger partial charge in [-0.1, -0.05) is 6.58 Å². The van der Waals surface area contributed by atoms with E-state index in [-0.39, 0.29) is 0 Å². The highest BCUT2D eigenvalue weighted by Crippen LogP contribution is 1.98. The molecule has 0 radical (unpaired) electrons. The average Bonchev–Trinajstić information content (AvgIpc) is 2.07. The Morgan fingerprint density at radius 3 is 2.71 bits per heavy atom. The predicted octanol–water partition coefficient (Wildman–Crippen LogP) is 0.958. The van der Waals surface area contributed by atoms with Gasteiger partial charge in [-0.15, -0.1) is 0 Å². The number of hydrogen-bond acceptors (Lipinski definition) is 1. The average molecular weight is 191 g/mol. The van der Waals surface area contributed by atoms with Gasteiger partial charge in [-0.3, -0.25) is 4.79 Å². The van der Waals surface area contributed by atoms with Gasteiger partial charge in [0.2, 0.25) is 0 Å². The Balaban J connectivity index is 3.08. The first-order valence-corrected chi connectivity index (χ1v) is 4.45. The van der Waals surface area contributed by atoms with Crippen molar-refractivity contribution in [1.82, 2.24) is 0 Å². The van der Waals surface area contributed by atoms with Crippen molar-refractivity contribution in [1.29, 1.82) is 0 Å². The molecule has 3 nitrogen and oxygen atoms in total. The molecule has 0 aliphatic carbocycles. The van der Waals surface area contributed by atoms with Crippen LogP contribution in [0.1, 0.15) is 23.0 Å².